The van der Waals surface area contributed by atoms with Gasteiger partial charge in [0.2, 0.25) is 5.91 Å². The van der Waals surface area contributed by atoms with Gasteiger partial charge < -0.3 is 15.5 Å². The number of piperidine rings is 1. The van der Waals surface area contributed by atoms with Crippen molar-refractivity contribution in [3.05, 3.63) is 71.3 Å². The summed E-state index contributed by atoms with van der Waals surface area (Å²) in [6.07, 6.45) is 4.43. The first kappa shape index (κ1) is 16.7. The molecular formula is C21H23N3O2. The lowest BCUT2D eigenvalue weighted by molar-refractivity contribution is -0.123. The van der Waals surface area contributed by atoms with E-state index in [0.29, 0.717) is 13.0 Å². The van der Waals surface area contributed by atoms with Crippen LogP contribution in [0.1, 0.15) is 29.5 Å². The van der Waals surface area contributed by atoms with Crippen LogP contribution in [0.25, 0.3) is 5.70 Å². The van der Waals surface area contributed by atoms with Crippen molar-refractivity contribution in [2.75, 3.05) is 13.1 Å². The Morgan fingerprint density at radius 3 is 2.35 bits per heavy atom. The fraction of sp³-hybridized carbons (Fsp3) is 0.286. The van der Waals surface area contributed by atoms with Crippen LogP contribution in [0.2, 0.25) is 0 Å². The van der Waals surface area contributed by atoms with Crippen molar-refractivity contribution in [3.8, 4) is 5.75 Å². The SMILES string of the molecule is O=C1CC[C@@H](Oc2ccc(Cc3ccc(C4=CCNN4)cc3)cc2)CN1. The minimum atomic E-state index is 0.0686. The number of carbonyl (C=O) groups excluding carboxylic acids is 1. The average molecular weight is 349 g/mol. The molecule has 0 spiro atoms. The second kappa shape index (κ2) is 7.62. The van der Waals surface area contributed by atoms with Gasteiger partial charge in [0.15, 0.2) is 0 Å². The maximum atomic E-state index is 11.2. The number of rotatable bonds is 5. The molecule has 0 bridgehead atoms. The summed E-state index contributed by atoms with van der Waals surface area (Å²) in [5.74, 6) is 0.972. The molecule has 0 saturated carbocycles. The molecule has 5 heteroatoms. The third-order valence-corrected chi connectivity index (χ3v) is 4.75. The van der Waals surface area contributed by atoms with Crippen molar-refractivity contribution < 1.29 is 9.53 Å². The van der Waals surface area contributed by atoms with Gasteiger partial charge in [0.25, 0.3) is 0 Å². The fourth-order valence-corrected chi connectivity index (χ4v) is 3.27. The van der Waals surface area contributed by atoms with E-state index in [2.05, 4.69) is 58.6 Å². The largest absolute Gasteiger partial charge is 0.489 e. The quantitative estimate of drug-likeness (QED) is 0.776. The Labute approximate surface area is 153 Å². The molecule has 5 nitrogen and oxygen atoms in total. The third-order valence-electron chi connectivity index (χ3n) is 4.75. The summed E-state index contributed by atoms with van der Waals surface area (Å²) < 4.78 is 5.95. The summed E-state index contributed by atoms with van der Waals surface area (Å²) in [6, 6.07) is 16.9. The summed E-state index contributed by atoms with van der Waals surface area (Å²) in [5, 5.41) is 2.84. The van der Waals surface area contributed by atoms with Gasteiger partial charge in [0, 0.05) is 13.0 Å². The van der Waals surface area contributed by atoms with Crippen LogP contribution in [0.4, 0.5) is 0 Å². The maximum Gasteiger partial charge on any atom is 0.220 e. The van der Waals surface area contributed by atoms with Gasteiger partial charge in [-0.1, -0.05) is 36.4 Å². The van der Waals surface area contributed by atoms with E-state index in [-0.39, 0.29) is 12.0 Å². The highest BCUT2D eigenvalue weighted by molar-refractivity contribution is 5.76. The first-order valence-electron chi connectivity index (χ1n) is 9.07. The number of hydrogen-bond donors (Lipinski definition) is 3. The van der Waals surface area contributed by atoms with E-state index < -0.39 is 0 Å². The summed E-state index contributed by atoms with van der Waals surface area (Å²) in [6.45, 7) is 1.45. The smallest absolute Gasteiger partial charge is 0.220 e. The lowest BCUT2D eigenvalue weighted by Crippen LogP contribution is -2.40. The molecule has 1 atom stereocenters. The lowest BCUT2D eigenvalue weighted by atomic mass is 10.0. The van der Waals surface area contributed by atoms with E-state index in [0.717, 1.165) is 30.8 Å². The number of carbonyl (C=O) groups is 1. The number of nitrogens with one attached hydrogen (secondary N) is 3. The van der Waals surface area contributed by atoms with Gasteiger partial charge in [-0.25, -0.2) is 5.43 Å². The zero-order chi connectivity index (χ0) is 17.8. The van der Waals surface area contributed by atoms with Crippen molar-refractivity contribution in [1.29, 1.82) is 0 Å². The highest BCUT2D eigenvalue weighted by atomic mass is 16.5. The first-order valence-corrected chi connectivity index (χ1v) is 9.07. The van der Waals surface area contributed by atoms with Crippen LogP contribution in [0.3, 0.4) is 0 Å². The Kier molecular flexibility index (Phi) is 4.88. The molecule has 2 aromatic carbocycles. The normalized spacial score (nSPS) is 19.5. The standard InChI is InChI=1S/C21H23N3O2/c25-21-10-9-19(14-22-21)26-18-7-3-16(4-8-18)13-15-1-5-17(6-2-15)20-11-12-23-24-20/h1-8,11,19,23-24H,9-10,12-14H2,(H,22,25)/t19-/m1/s1. The zero-order valence-corrected chi connectivity index (χ0v) is 14.6. The van der Waals surface area contributed by atoms with Crippen LogP contribution >= 0.6 is 0 Å². The molecule has 2 heterocycles. The fourth-order valence-electron chi connectivity index (χ4n) is 3.27. The van der Waals surface area contributed by atoms with E-state index in [1.807, 2.05) is 12.1 Å². The Morgan fingerprint density at radius 1 is 1.00 bits per heavy atom. The van der Waals surface area contributed by atoms with Crippen LogP contribution < -0.4 is 20.9 Å². The van der Waals surface area contributed by atoms with Gasteiger partial charge in [0.1, 0.15) is 11.9 Å². The van der Waals surface area contributed by atoms with Crippen LogP contribution in [-0.2, 0) is 11.2 Å². The molecule has 3 N–H and O–H groups in total. The second-order valence-corrected chi connectivity index (χ2v) is 6.72. The number of amides is 1. The number of hydrogen-bond acceptors (Lipinski definition) is 4. The Morgan fingerprint density at radius 2 is 1.73 bits per heavy atom. The predicted molar refractivity (Wildman–Crippen MR) is 101 cm³/mol. The zero-order valence-electron chi connectivity index (χ0n) is 14.6. The number of benzene rings is 2. The number of ether oxygens (including phenoxy) is 1. The molecule has 26 heavy (non-hydrogen) atoms. The molecule has 2 aliphatic heterocycles. The maximum absolute atomic E-state index is 11.2. The third kappa shape index (κ3) is 4.06. The van der Waals surface area contributed by atoms with Crippen molar-refractivity contribution in [3.63, 3.8) is 0 Å². The van der Waals surface area contributed by atoms with Crippen molar-refractivity contribution >= 4 is 11.6 Å². The molecule has 1 saturated heterocycles. The van der Waals surface area contributed by atoms with Crippen LogP contribution in [-0.4, -0.2) is 25.1 Å². The lowest BCUT2D eigenvalue weighted by Gasteiger charge is -2.23. The Bertz CT molecular complexity index is 787. The molecule has 2 aromatic rings. The topological polar surface area (TPSA) is 62.4 Å². The van der Waals surface area contributed by atoms with Crippen molar-refractivity contribution in [2.24, 2.45) is 0 Å². The Balaban J connectivity index is 1.34. The summed E-state index contributed by atoms with van der Waals surface area (Å²) >= 11 is 0. The van der Waals surface area contributed by atoms with E-state index in [4.69, 9.17) is 4.74 Å². The van der Waals surface area contributed by atoms with Gasteiger partial charge in [-0.3, -0.25) is 4.79 Å². The predicted octanol–water partition coefficient (Wildman–Crippen LogP) is 2.38. The van der Waals surface area contributed by atoms with Gasteiger partial charge in [-0.05, 0) is 47.7 Å². The summed E-state index contributed by atoms with van der Waals surface area (Å²) in [7, 11) is 0. The molecule has 134 valence electrons. The first-order chi connectivity index (χ1) is 12.8. The molecule has 0 radical (unpaired) electrons. The van der Waals surface area contributed by atoms with Gasteiger partial charge in [-0.2, -0.15) is 0 Å². The molecule has 0 aliphatic carbocycles. The van der Waals surface area contributed by atoms with Crippen molar-refractivity contribution in [2.45, 2.75) is 25.4 Å². The second-order valence-electron chi connectivity index (χ2n) is 6.72. The average Bonchev–Trinajstić information content (AvgIpc) is 3.21. The molecule has 1 amide bonds. The van der Waals surface area contributed by atoms with Crippen molar-refractivity contribution in [1.82, 2.24) is 16.2 Å². The van der Waals surface area contributed by atoms with E-state index in [1.165, 1.54) is 16.7 Å². The molecular weight excluding hydrogens is 326 g/mol. The van der Waals surface area contributed by atoms with E-state index in [1.54, 1.807) is 0 Å². The molecule has 2 aliphatic rings. The van der Waals surface area contributed by atoms with Gasteiger partial charge in [0.05, 0.1) is 12.2 Å². The van der Waals surface area contributed by atoms with Crippen LogP contribution in [0.5, 0.6) is 5.75 Å². The molecule has 1 fully saturated rings. The van der Waals surface area contributed by atoms with E-state index >= 15 is 0 Å². The highest BCUT2D eigenvalue weighted by Crippen LogP contribution is 2.20. The highest BCUT2D eigenvalue weighted by Gasteiger charge is 2.19. The summed E-state index contributed by atoms with van der Waals surface area (Å²) in [5.41, 5.74) is 11.1. The monoisotopic (exact) mass is 349 g/mol. The molecule has 0 aromatic heterocycles. The van der Waals surface area contributed by atoms with Crippen LogP contribution in [0.15, 0.2) is 54.6 Å². The minimum Gasteiger partial charge on any atom is -0.489 e. The number of hydrazine groups is 1. The minimum absolute atomic E-state index is 0.0686. The van der Waals surface area contributed by atoms with Gasteiger partial charge in [-0.15, -0.1) is 0 Å². The summed E-state index contributed by atoms with van der Waals surface area (Å²) in [4.78, 5) is 11.2. The van der Waals surface area contributed by atoms with Crippen LogP contribution in [0, 0.1) is 0 Å². The molecule has 4 rings (SSSR count). The Hall–Kier alpha value is -2.79. The van der Waals surface area contributed by atoms with E-state index in [9.17, 15) is 4.79 Å². The molecule has 0 unspecified atom stereocenters. The van der Waals surface area contributed by atoms with Gasteiger partial charge >= 0.3 is 0 Å².